The van der Waals surface area contributed by atoms with Gasteiger partial charge in [0, 0.05) is 23.8 Å². The number of hydrogen-bond donors (Lipinski definition) is 1. The summed E-state index contributed by atoms with van der Waals surface area (Å²) in [7, 11) is 2.15. The lowest BCUT2D eigenvalue weighted by Crippen LogP contribution is -2.34. The van der Waals surface area contributed by atoms with Gasteiger partial charge in [-0.15, -0.1) is 11.8 Å². The van der Waals surface area contributed by atoms with Crippen LogP contribution in [-0.4, -0.2) is 24.3 Å². The second kappa shape index (κ2) is 5.74. The summed E-state index contributed by atoms with van der Waals surface area (Å²) in [5, 5.41) is 3.22. The highest BCUT2D eigenvalue weighted by molar-refractivity contribution is 8.00. The van der Waals surface area contributed by atoms with Gasteiger partial charge in [-0.25, -0.2) is 4.79 Å². The Morgan fingerprint density at radius 3 is 2.88 bits per heavy atom. The van der Waals surface area contributed by atoms with Crippen LogP contribution in [0, 0.1) is 0 Å². The van der Waals surface area contributed by atoms with Gasteiger partial charge in [0.15, 0.2) is 0 Å². The van der Waals surface area contributed by atoms with Crippen molar-refractivity contribution in [1.82, 2.24) is 0 Å². The molecule has 2 aromatic rings. The number of carbonyl (C=O) groups excluding carboxylic acids is 1. The first-order valence-corrected chi connectivity index (χ1v) is 9.16. The van der Waals surface area contributed by atoms with Crippen LogP contribution in [0.5, 0.6) is 5.75 Å². The molecular formula is C19H20N2O2S. The number of rotatable bonds is 2. The van der Waals surface area contributed by atoms with E-state index < -0.39 is 6.09 Å². The summed E-state index contributed by atoms with van der Waals surface area (Å²) in [5.41, 5.74) is 3.38. The van der Waals surface area contributed by atoms with Crippen LogP contribution < -0.4 is 15.0 Å². The first-order valence-electron chi connectivity index (χ1n) is 8.11. The predicted octanol–water partition coefficient (Wildman–Crippen LogP) is 4.47. The summed E-state index contributed by atoms with van der Waals surface area (Å²) in [6, 6.07) is 15.3. The number of ether oxygens (including phenoxy) is 1. The summed E-state index contributed by atoms with van der Waals surface area (Å²) in [6.07, 6.45) is 0.689. The number of hydrogen-bond acceptors (Lipinski definition) is 4. The maximum absolute atomic E-state index is 12.1. The van der Waals surface area contributed by atoms with Crippen molar-refractivity contribution in [3.05, 3.63) is 54.1 Å². The number of nitrogens with one attached hydrogen (secondary N) is 1. The standard InChI is InChI=1S/C19H20N2O2S/c1-19-10-11-24-17(19)21(2)16-9-8-14(12-15(16)19)23-18(22)20-13-6-4-3-5-7-13/h3-9,12,17H,10-11H2,1-2H3,(H,20,22)/t17?,19-/m1/s1. The molecule has 0 aromatic heterocycles. The Bertz CT molecular complexity index is 780. The Kier molecular flexibility index (Phi) is 3.68. The number of carbonyl (C=O) groups is 1. The molecule has 1 unspecified atom stereocenters. The van der Waals surface area contributed by atoms with Crippen molar-refractivity contribution >= 4 is 29.2 Å². The van der Waals surface area contributed by atoms with Crippen LogP contribution in [0.1, 0.15) is 18.9 Å². The Morgan fingerprint density at radius 1 is 1.29 bits per heavy atom. The number of amides is 1. The zero-order valence-electron chi connectivity index (χ0n) is 13.8. The normalized spacial score (nSPS) is 24.4. The lowest BCUT2D eigenvalue weighted by molar-refractivity contribution is 0.215. The van der Waals surface area contributed by atoms with Crippen molar-refractivity contribution in [3.8, 4) is 5.75 Å². The van der Waals surface area contributed by atoms with E-state index in [-0.39, 0.29) is 5.41 Å². The number of anilines is 2. The van der Waals surface area contributed by atoms with Crippen LogP contribution in [0.4, 0.5) is 16.2 Å². The van der Waals surface area contributed by atoms with Crippen LogP contribution in [-0.2, 0) is 5.41 Å². The molecule has 0 aliphatic carbocycles. The minimum absolute atomic E-state index is 0.129. The molecule has 2 atom stereocenters. The number of thioether (sulfide) groups is 1. The first-order chi connectivity index (χ1) is 11.6. The molecule has 2 aromatic carbocycles. The SMILES string of the molecule is CN1c2ccc(OC(=O)Nc3ccccc3)cc2[C@@]2(C)CCSC12. The summed E-state index contributed by atoms with van der Waals surface area (Å²) < 4.78 is 5.50. The topological polar surface area (TPSA) is 41.6 Å². The molecule has 1 saturated heterocycles. The van der Waals surface area contributed by atoms with Crippen molar-refractivity contribution in [2.45, 2.75) is 24.1 Å². The van der Waals surface area contributed by atoms with E-state index in [9.17, 15) is 4.79 Å². The minimum atomic E-state index is -0.463. The zero-order chi connectivity index (χ0) is 16.7. The first kappa shape index (κ1) is 15.4. The van der Waals surface area contributed by atoms with Crippen LogP contribution in [0.25, 0.3) is 0 Å². The highest BCUT2D eigenvalue weighted by Gasteiger charge is 2.50. The van der Waals surface area contributed by atoms with Gasteiger partial charge in [-0.1, -0.05) is 25.1 Å². The maximum atomic E-state index is 12.1. The Hall–Kier alpha value is -2.14. The van der Waals surface area contributed by atoms with Crippen molar-refractivity contribution < 1.29 is 9.53 Å². The monoisotopic (exact) mass is 340 g/mol. The van der Waals surface area contributed by atoms with E-state index in [1.807, 2.05) is 54.2 Å². The third kappa shape index (κ3) is 2.44. The number of fused-ring (bicyclic) bond motifs is 3. The maximum Gasteiger partial charge on any atom is 0.417 e. The number of likely N-dealkylation sites (N-methyl/N-ethyl adjacent to an activating group) is 1. The Balaban J connectivity index is 1.55. The fourth-order valence-electron chi connectivity index (χ4n) is 3.74. The molecule has 0 spiro atoms. The number of nitrogens with zero attached hydrogens (tertiary/aromatic N) is 1. The largest absolute Gasteiger partial charge is 0.417 e. The fraction of sp³-hybridized carbons (Fsp3) is 0.316. The predicted molar refractivity (Wildman–Crippen MR) is 99.1 cm³/mol. The van der Waals surface area contributed by atoms with Crippen molar-refractivity contribution in [2.75, 3.05) is 23.0 Å². The molecular weight excluding hydrogens is 320 g/mol. The summed E-state index contributed by atoms with van der Waals surface area (Å²) >= 11 is 2.00. The van der Waals surface area contributed by atoms with E-state index in [1.54, 1.807) is 0 Å². The summed E-state index contributed by atoms with van der Waals surface area (Å²) in [6.45, 7) is 2.31. The van der Waals surface area contributed by atoms with E-state index in [1.165, 1.54) is 17.0 Å². The zero-order valence-corrected chi connectivity index (χ0v) is 14.6. The quantitative estimate of drug-likeness (QED) is 0.876. The molecule has 0 saturated carbocycles. The number of benzene rings is 2. The van der Waals surface area contributed by atoms with Gasteiger partial charge in [0.25, 0.3) is 0 Å². The third-order valence-corrected chi connectivity index (χ3v) is 6.58. The molecule has 2 aliphatic rings. The lowest BCUT2D eigenvalue weighted by atomic mass is 9.82. The van der Waals surface area contributed by atoms with Crippen LogP contribution in [0.2, 0.25) is 0 Å². The van der Waals surface area contributed by atoms with Crippen LogP contribution >= 0.6 is 11.8 Å². The molecule has 1 fully saturated rings. The van der Waals surface area contributed by atoms with E-state index in [4.69, 9.17) is 4.74 Å². The molecule has 124 valence electrons. The lowest BCUT2D eigenvalue weighted by Gasteiger charge is -2.27. The van der Waals surface area contributed by atoms with Gasteiger partial charge in [-0.3, -0.25) is 5.32 Å². The Morgan fingerprint density at radius 2 is 2.08 bits per heavy atom. The molecule has 5 heteroatoms. The van der Waals surface area contributed by atoms with Crippen molar-refractivity contribution in [2.24, 2.45) is 0 Å². The molecule has 2 aliphatic heterocycles. The van der Waals surface area contributed by atoms with Crippen LogP contribution in [0.15, 0.2) is 48.5 Å². The average Bonchev–Trinajstić information content (AvgIpc) is 3.05. The van der Waals surface area contributed by atoms with Gasteiger partial charge in [-0.2, -0.15) is 0 Å². The molecule has 0 radical (unpaired) electrons. The molecule has 0 bridgehead atoms. The van der Waals surface area contributed by atoms with Crippen molar-refractivity contribution in [1.29, 1.82) is 0 Å². The van der Waals surface area contributed by atoms with E-state index in [0.29, 0.717) is 11.1 Å². The van der Waals surface area contributed by atoms with E-state index >= 15 is 0 Å². The third-order valence-electron chi connectivity index (χ3n) is 4.99. The smallest absolute Gasteiger partial charge is 0.410 e. The molecule has 1 amide bonds. The van der Waals surface area contributed by atoms with Gasteiger partial charge in [0.2, 0.25) is 0 Å². The second-order valence-corrected chi connectivity index (χ2v) is 7.75. The molecule has 24 heavy (non-hydrogen) atoms. The fourth-order valence-corrected chi connectivity index (χ4v) is 5.45. The Labute approximate surface area is 146 Å². The van der Waals surface area contributed by atoms with Gasteiger partial charge in [-0.05, 0) is 48.1 Å². The average molecular weight is 340 g/mol. The second-order valence-electron chi connectivity index (χ2n) is 6.56. The molecule has 2 heterocycles. The minimum Gasteiger partial charge on any atom is -0.410 e. The molecule has 1 N–H and O–H groups in total. The molecule has 4 nitrogen and oxygen atoms in total. The van der Waals surface area contributed by atoms with Gasteiger partial charge in [0.1, 0.15) is 5.75 Å². The summed E-state index contributed by atoms with van der Waals surface area (Å²) in [5.74, 6) is 1.76. The van der Waals surface area contributed by atoms with E-state index in [0.717, 1.165) is 12.1 Å². The highest BCUT2D eigenvalue weighted by atomic mass is 32.2. The van der Waals surface area contributed by atoms with Gasteiger partial charge in [0.05, 0.1) is 5.37 Å². The highest BCUT2D eigenvalue weighted by Crippen LogP contribution is 2.55. The van der Waals surface area contributed by atoms with Gasteiger partial charge < -0.3 is 9.64 Å². The summed E-state index contributed by atoms with van der Waals surface area (Å²) in [4.78, 5) is 14.5. The van der Waals surface area contributed by atoms with Crippen LogP contribution in [0.3, 0.4) is 0 Å². The van der Waals surface area contributed by atoms with Crippen molar-refractivity contribution in [3.63, 3.8) is 0 Å². The van der Waals surface area contributed by atoms with Gasteiger partial charge >= 0.3 is 6.09 Å². The number of para-hydroxylation sites is 1. The van der Waals surface area contributed by atoms with E-state index in [2.05, 4.69) is 30.3 Å². The molecule has 4 rings (SSSR count).